The van der Waals surface area contributed by atoms with Gasteiger partial charge in [0.05, 0.1) is 0 Å². The van der Waals surface area contributed by atoms with Gasteiger partial charge in [0.1, 0.15) is 0 Å². The van der Waals surface area contributed by atoms with Crippen LogP contribution in [0.25, 0.3) is 0 Å². The number of nitrogens with two attached hydrogens (primary N) is 1. The van der Waals surface area contributed by atoms with Crippen LogP contribution < -0.4 is 10.6 Å². The predicted octanol–water partition coefficient (Wildman–Crippen LogP) is 2.48. The molecule has 2 N–H and O–H groups in total. The van der Waals surface area contributed by atoms with Gasteiger partial charge in [-0.15, -0.1) is 0 Å². The van der Waals surface area contributed by atoms with E-state index in [1.54, 1.807) is 0 Å². The van der Waals surface area contributed by atoms with Crippen molar-refractivity contribution in [1.82, 2.24) is 4.90 Å². The number of likely N-dealkylation sites (N-methyl/N-ethyl adjacent to an activating group) is 1. The lowest BCUT2D eigenvalue weighted by atomic mass is 10.0. The first-order valence-electron chi connectivity index (χ1n) is 7.37. The smallest absolute Gasteiger partial charge is 0.0470 e. The van der Waals surface area contributed by atoms with Crippen molar-refractivity contribution in [2.75, 3.05) is 38.6 Å². The minimum absolute atomic E-state index is 0.363. The highest BCUT2D eigenvalue weighted by molar-refractivity contribution is 5.46. The van der Waals surface area contributed by atoms with Crippen molar-refractivity contribution in [2.45, 2.75) is 25.8 Å². The van der Waals surface area contributed by atoms with E-state index >= 15 is 0 Å². The molecule has 0 spiro atoms. The fourth-order valence-electron chi connectivity index (χ4n) is 2.60. The third kappa shape index (κ3) is 3.71. The Morgan fingerprint density at radius 2 is 1.84 bits per heavy atom. The highest BCUT2D eigenvalue weighted by Crippen LogP contribution is 2.32. The summed E-state index contributed by atoms with van der Waals surface area (Å²) in [6.07, 6.45) is 2.79. The van der Waals surface area contributed by atoms with E-state index in [-0.39, 0.29) is 0 Å². The van der Waals surface area contributed by atoms with Crippen LogP contribution >= 0.6 is 0 Å². The highest BCUT2D eigenvalue weighted by Gasteiger charge is 2.27. The molecule has 2 rings (SSSR count). The second-order valence-electron chi connectivity index (χ2n) is 5.77. The van der Waals surface area contributed by atoms with E-state index in [1.807, 2.05) is 0 Å². The van der Waals surface area contributed by atoms with Crippen LogP contribution in [-0.4, -0.2) is 38.6 Å². The molecule has 0 amide bonds. The number of rotatable bonds is 7. The molecule has 0 heterocycles. The Bertz CT molecular complexity index is 381. The summed E-state index contributed by atoms with van der Waals surface area (Å²) >= 11 is 0. The maximum atomic E-state index is 6.02. The molecule has 1 saturated carbocycles. The summed E-state index contributed by atoms with van der Waals surface area (Å²) < 4.78 is 0. The Labute approximate surface area is 117 Å². The molecule has 3 nitrogen and oxygen atoms in total. The van der Waals surface area contributed by atoms with Gasteiger partial charge in [0.15, 0.2) is 0 Å². The Hall–Kier alpha value is -1.06. The number of hydrogen-bond acceptors (Lipinski definition) is 3. The molecule has 19 heavy (non-hydrogen) atoms. The van der Waals surface area contributed by atoms with Crippen LogP contribution in [0.5, 0.6) is 0 Å². The van der Waals surface area contributed by atoms with Gasteiger partial charge in [-0.2, -0.15) is 0 Å². The Kier molecular flexibility index (Phi) is 4.83. The average molecular weight is 261 g/mol. The summed E-state index contributed by atoms with van der Waals surface area (Å²) in [5.41, 5.74) is 8.61. The number of benzene rings is 1. The molecule has 1 fully saturated rings. The average Bonchev–Trinajstić information content (AvgIpc) is 3.23. The molecule has 1 aromatic rings. The van der Waals surface area contributed by atoms with E-state index in [1.165, 1.54) is 30.6 Å². The molecule has 1 aliphatic rings. The van der Waals surface area contributed by atoms with Gasteiger partial charge < -0.3 is 10.6 Å². The minimum atomic E-state index is 0.363. The van der Waals surface area contributed by atoms with Crippen LogP contribution in [0.2, 0.25) is 0 Å². The van der Waals surface area contributed by atoms with E-state index in [0.717, 1.165) is 12.5 Å². The monoisotopic (exact) mass is 261 g/mol. The van der Waals surface area contributed by atoms with Crippen molar-refractivity contribution < 1.29 is 0 Å². The first-order chi connectivity index (χ1) is 9.15. The van der Waals surface area contributed by atoms with Crippen molar-refractivity contribution >= 4 is 5.69 Å². The highest BCUT2D eigenvalue weighted by atomic mass is 15.2. The largest absolute Gasteiger partial charge is 0.378 e. The summed E-state index contributed by atoms with van der Waals surface area (Å²) in [5.74, 6) is 0.912. The lowest BCUT2D eigenvalue weighted by molar-refractivity contribution is 0.203. The Morgan fingerprint density at radius 3 is 2.26 bits per heavy atom. The van der Waals surface area contributed by atoms with Gasteiger partial charge in [-0.25, -0.2) is 0 Å². The zero-order valence-corrected chi connectivity index (χ0v) is 12.5. The van der Waals surface area contributed by atoms with Gasteiger partial charge in [0, 0.05) is 38.9 Å². The molecule has 0 saturated heterocycles. The first-order valence-corrected chi connectivity index (χ1v) is 7.37. The standard InChI is InChI=1S/C16H27N3/c1-4-19(12-13-5-6-13)16(11-17)14-7-9-15(10-8-14)18(2)3/h7-10,13,16H,4-6,11-12,17H2,1-3H3. The van der Waals surface area contributed by atoms with Crippen molar-refractivity contribution in [3.05, 3.63) is 29.8 Å². The summed E-state index contributed by atoms with van der Waals surface area (Å²) in [6.45, 7) is 5.21. The van der Waals surface area contributed by atoms with E-state index in [2.05, 4.69) is 55.1 Å². The second kappa shape index (κ2) is 6.40. The quantitative estimate of drug-likeness (QED) is 0.818. The third-order valence-electron chi connectivity index (χ3n) is 4.05. The normalized spacial score (nSPS) is 16.7. The van der Waals surface area contributed by atoms with Crippen LogP contribution in [0, 0.1) is 5.92 Å². The maximum absolute atomic E-state index is 6.02. The molecule has 3 heteroatoms. The van der Waals surface area contributed by atoms with E-state index in [4.69, 9.17) is 5.73 Å². The molecule has 0 bridgehead atoms. The summed E-state index contributed by atoms with van der Waals surface area (Å²) in [5, 5.41) is 0. The van der Waals surface area contributed by atoms with Crippen molar-refractivity contribution in [3.63, 3.8) is 0 Å². The summed E-state index contributed by atoms with van der Waals surface area (Å²) in [4.78, 5) is 4.66. The molecule has 0 aromatic heterocycles. The molecule has 1 atom stereocenters. The zero-order chi connectivity index (χ0) is 13.8. The molecule has 1 aromatic carbocycles. The molecular formula is C16H27N3. The number of hydrogen-bond donors (Lipinski definition) is 1. The van der Waals surface area contributed by atoms with Crippen LogP contribution in [0.3, 0.4) is 0 Å². The van der Waals surface area contributed by atoms with Crippen molar-refractivity contribution in [1.29, 1.82) is 0 Å². The topological polar surface area (TPSA) is 32.5 Å². The maximum Gasteiger partial charge on any atom is 0.0470 e. The fraction of sp³-hybridized carbons (Fsp3) is 0.625. The van der Waals surface area contributed by atoms with Crippen molar-refractivity contribution in [3.8, 4) is 0 Å². The fourth-order valence-corrected chi connectivity index (χ4v) is 2.60. The van der Waals surface area contributed by atoms with Gasteiger partial charge in [0.25, 0.3) is 0 Å². The predicted molar refractivity (Wildman–Crippen MR) is 82.5 cm³/mol. The van der Waals surface area contributed by atoms with Gasteiger partial charge >= 0.3 is 0 Å². The summed E-state index contributed by atoms with van der Waals surface area (Å²) in [6, 6.07) is 9.18. The molecule has 0 radical (unpaired) electrons. The van der Waals surface area contributed by atoms with Crippen molar-refractivity contribution in [2.24, 2.45) is 11.7 Å². The molecule has 1 unspecified atom stereocenters. The van der Waals surface area contributed by atoms with E-state index in [0.29, 0.717) is 12.6 Å². The molecular weight excluding hydrogens is 234 g/mol. The van der Waals surface area contributed by atoms with Gasteiger partial charge in [-0.3, -0.25) is 4.90 Å². The first kappa shape index (κ1) is 14.4. The lowest BCUT2D eigenvalue weighted by Gasteiger charge is -2.30. The van der Waals surface area contributed by atoms with Gasteiger partial charge in [-0.05, 0) is 43.0 Å². The lowest BCUT2D eigenvalue weighted by Crippen LogP contribution is -2.35. The van der Waals surface area contributed by atoms with Crippen LogP contribution in [0.15, 0.2) is 24.3 Å². The van der Waals surface area contributed by atoms with Gasteiger partial charge in [0.2, 0.25) is 0 Å². The number of nitrogens with zero attached hydrogens (tertiary/aromatic N) is 2. The second-order valence-corrected chi connectivity index (χ2v) is 5.77. The molecule has 0 aliphatic heterocycles. The van der Waals surface area contributed by atoms with E-state index < -0.39 is 0 Å². The minimum Gasteiger partial charge on any atom is -0.378 e. The van der Waals surface area contributed by atoms with Gasteiger partial charge in [-0.1, -0.05) is 19.1 Å². The molecule has 1 aliphatic carbocycles. The summed E-state index contributed by atoms with van der Waals surface area (Å²) in [7, 11) is 4.14. The SMILES string of the molecule is CCN(CC1CC1)C(CN)c1ccc(N(C)C)cc1. The third-order valence-corrected chi connectivity index (χ3v) is 4.05. The number of anilines is 1. The molecule has 106 valence electrons. The Balaban J connectivity index is 2.10. The zero-order valence-electron chi connectivity index (χ0n) is 12.5. The van der Waals surface area contributed by atoms with Crippen LogP contribution in [0.1, 0.15) is 31.4 Å². The Morgan fingerprint density at radius 1 is 1.21 bits per heavy atom. The van der Waals surface area contributed by atoms with E-state index in [9.17, 15) is 0 Å². The van der Waals surface area contributed by atoms with Crippen LogP contribution in [-0.2, 0) is 0 Å². The van der Waals surface area contributed by atoms with Crippen LogP contribution in [0.4, 0.5) is 5.69 Å².